The molecule has 1 aromatic carbocycles. The molecule has 0 aliphatic carbocycles. The summed E-state index contributed by atoms with van der Waals surface area (Å²) in [6.45, 7) is 3.44. The smallest absolute Gasteiger partial charge is 0.221 e. The minimum Gasteiger partial charge on any atom is -0.335 e. The molecule has 0 unspecified atom stereocenters. The molecule has 130 valence electrons. The number of imidazole rings is 1. The monoisotopic (exact) mass is 364 g/mol. The number of nitrogens with one attached hydrogen (secondary N) is 3. The molecule has 1 amide bonds. The van der Waals surface area contributed by atoms with Gasteiger partial charge in [0.05, 0.1) is 16.6 Å². The summed E-state index contributed by atoms with van der Waals surface area (Å²) in [7, 11) is 0. The van der Waals surface area contributed by atoms with Crippen LogP contribution in [0.25, 0.3) is 22.6 Å². The van der Waals surface area contributed by atoms with Gasteiger partial charge in [0, 0.05) is 29.4 Å². The van der Waals surface area contributed by atoms with Crippen LogP contribution in [0.3, 0.4) is 0 Å². The van der Waals surface area contributed by atoms with Gasteiger partial charge in [-0.1, -0.05) is 11.8 Å². The molecular formula is C18H16N6OS. The van der Waals surface area contributed by atoms with Crippen LogP contribution < -0.4 is 5.32 Å². The lowest BCUT2D eigenvalue weighted by molar-refractivity contribution is -0.114. The van der Waals surface area contributed by atoms with Crippen LogP contribution in [0, 0.1) is 6.92 Å². The van der Waals surface area contributed by atoms with Crippen molar-refractivity contribution >= 4 is 34.4 Å². The van der Waals surface area contributed by atoms with E-state index >= 15 is 0 Å². The number of hydrogen-bond acceptors (Lipinski definition) is 5. The normalized spacial score (nSPS) is 11.0. The number of carbonyl (C=O) groups excluding carboxylic acids is 1. The molecule has 0 aliphatic heterocycles. The van der Waals surface area contributed by atoms with Gasteiger partial charge in [-0.25, -0.2) is 4.98 Å². The summed E-state index contributed by atoms with van der Waals surface area (Å²) >= 11 is 1.57. The van der Waals surface area contributed by atoms with Crippen LogP contribution in [0.1, 0.15) is 12.6 Å². The molecular weight excluding hydrogens is 348 g/mol. The highest BCUT2D eigenvalue weighted by atomic mass is 32.2. The van der Waals surface area contributed by atoms with Crippen LogP contribution >= 0.6 is 11.8 Å². The zero-order valence-electron chi connectivity index (χ0n) is 14.2. The molecule has 4 aromatic rings. The number of hydrogen-bond donors (Lipinski definition) is 3. The van der Waals surface area contributed by atoms with Crippen LogP contribution in [-0.4, -0.2) is 31.1 Å². The van der Waals surface area contributed by atoms with Crippen LogP contribution in [0.2, 0.25) is 0 Å². The molecule has 3 N–H and O–H groups in total. The molecule has 0 atom stereocenters. The van der Waals surface area contributed by atoms with Gasteiger partial charge in [-0.2, -0.15) is 5.10 Å². The molecule has 8 heteroatoms. The third-order valence-corrected chi connectivity index (χ3v) is 4.74. The number of amides is 1. The summed E-state index contributed by atoms with van der Waals surface area (Å²) in [5, 5.41) is 9.93. The van der Waals surface area contributed by atoms with Crippen molar-refractivity contribution in [3.63, 3.8) is 0 Å². The van der Waals surface area contributed by atoms with Crippen molar-refractivity contribution in [3.8, 4) is 11.5 Å². The Morgan fingerprint density at radius 3 is 2.69 bits per heavy atom. The van der Waals surface area contributed by atoms with Gasteiger partial charge in [-0.05, 0) is 37.3 Å². The second kappa shape index (κ2) is 6.64. The maximum Gasteiger partial charge on any atom is 0.221 e. The van der Waals surface area contributed by atoms with Gasteiger partial charge in [0.25, 0.3) is 0 Å². The molecule has 0 saturated heterocycles. The van der Waals surface area contributed by atoms with E-state index in [4.69, 9.17) is 4.98 Å². The molecule has 3 aromatic heterocycles. The average molecular weight is 364 g/mol. The molecule has 3 heterocycles. The summed E-state index contributed by atoms with van der Waals surface area (Å²) < 4.78 is 0. The van der Waals surface area contributed by atoms with E-state index in [0.29, 0.717) is 5.82 Å². The van der Waals surface area contributed by atoms with E-state index in [9.17, 15) is 4.79 Å². The van der Waals surface area contributed by atoms with E-state index in [2.05, 4.69) is 25.5 Å². The largest absolute Gasteiger partial charge is 0.335 e. The fraction of sp³-hybridized carbons (Fsp3) is 0.111. The SMILES string of the molecule is CC(=O)Nc1ccc(Sc2cncc3[nH]c(-c4cc(C)[nH]n4)nc23)cc1. The molecule has 0 aliphatic rings. The number of nitrogens with zero attached hydrogens (tertiary/aromatic N) is 3. The lowest BCUT2D eigenvalue weighted by Gasteiger charge is -2.05. The number of H-pyrrole nitrogens is 2. The van der Waals surface area contributed by atoms with E-state index < -0.39 is 0 Å². The zero-order valence-corrected chi connectivity index (χ0v) is 15.0. The Hall–Kier alpha value is -3.13. The maximum atomic E-state index is 11.1. The first-order chi connectivity index (χ1) is 12.6. The zero-order chi connectivity index (χ0) is 18.1. The minimum absolute atomic E-state index is 0.0861. The Bertz CT molecular complexity index is 1080. The highest BCUT2D eigenvalue weighted by Crippen LogP contribution is 2.33. The van der Waals surface area contributed by atoms with E-state index in [1.807, 2.05) is 37.3 Å². The molecule has 4 rings (SSSR count). The van der Waals surface area contributed by atoms with E-state index in [1.54, 1.807) is 24.2 Å². The van der Waals surface area contributed by atoms with Crippen molar-refractivity contribution < 1.29 is 4.79 Å². The summed E-state index contributed by atoms with van der Waals surface area (Å²) in [5.41, 5.74) is 4.24. The number of benzene rings is 1. The Labute approximate surface area is 153 Å². The second-order valence-corrected chi connectivity index (χ2v) is 6.98. The number of pyridine rings is 1. The third-order valence-electron chi connectivity index (χ3n) is 3.71. The van der Waals surface area contributed by atoms with Gasteiger partial charge in [-0.15, -0.1) is 0 Å². The lowest BCUT2D eigenvalue weighted by atomic mass is 10.3. The van der Waals surface area contributed by atoms with Gasteiger partial charge < -0.3 is 10.3 Å². The Morgan fingerprint density at radius 1 is 1.19 bits per heavy atom. The quantitative estimate of drug-likeness (QED) is 0.512. The first-order valence-corrected chi connectivity index (χ1v) is 8.82. The molecule has 0 bridgehead atoms. The third kappa shape index (κ3) is 3.31. The van der Waals surface area contributed by atoms with Crippen LogP contribution in [0.4, 0.5) is 5.69 Å². The molecule has 7 nitrogen and oxygen atoms in total. The van der Waals surface area contributed by atoms with E-state index in [-0.39, 0.29) is 5.91 Å². The Morgan fingerprint density at radius 2 is 2.00 bits per heavy atom. The number of rotatable bonds is 4. The summed E-state index contributed by atoms with van der Waals surface area (Å²) in [4.78, 5) is 25.4. The Balaban J connectivity index is 1.64. The molecule has 0 spiro atoms. The van der Waals surface area contributed by atoms with Crippen molar-refractivity contribution in [1.29, 1.82) is 0 Å². The van der Waals surface area contributed by atoms with Crippen molar-refractivity contribution in [2.75, 3.05) is 5.32 Å². The molecule has 0 saturated carbocycles. The van der Waals surface area contributed by atoms with Gasteiger partial charge in [0.15, 0.2) is 5.82 Å². The van der Waals surface area contributed by atoms with Gasteiger partial charge in [0.2, 0.25) is 5.91 Å². The highest BCUT2D eigenvalue weighted by molar-refractivity contribution is 7.99. The predicted octanol–water partition coefficient (Wildman–Crippen LogP) is 3.77. The highest BCUT2D eigenvalue weighted by Gasteiger charge is 2.12. The van der Waals surface area contributed by atoms with Crippen molar-refractivity contribution in [2.24, 2.45) is 0 Å². The van der Waals surface area contributed by atoms with Crippen LogP contribution in [0.15, 0.2) is 52.5 Å². The number of aromatic nitrogens is 5. The molecule has 26 heavy (non-hydrogen) atoms. The molecule has 0 radical (unpaired) electrons. The van der Waals surface area contributed by atoms with Crippen molar-refractivity contribution in [3.05, 3.63) is 48.4 Å². The summed E-state index contributed by atoms with van der Waals surface area (Å²) in [6, 6.07) is 9.61. The standard InChI is InChI=1S/C18H16N6OS/c1-10-7-14(24-23-10)18-21-15-8-19-9-16(17(15)22-18)26-13-5-3-12(4-6-13)20-11(2)25/h3-9H,1-2H3,(H,20,25)(H,21,22)(H,23,24). The maximum absolute atomic E-state index is 11.1. The molecule has 0 fully saturated rings. The van der Waals surface area contributed by atoms with Gasteiger partial charge in [-0.3, -0.25) is 14.9 Å². The topological polar surface area (TPSA) is 99.3 Å². The predicted molar refractivity (Wildman–Crippen MR) is 101 cm³/mol. The first-order valence-electron chi connectivity index (χ1n) is 8.00. The van der Waals surface area contributed by atoms with E-state index in [0.717, 1.165) is 37.9 Å². The second-order valence-electron chi connectivity index (χ2n) is 5.86. The fourth-order valence-corrected chi connectivity index (χ4v) is 3.47. The van der Waals surface area contributed by atoms with Crippen molar-refractivity contribution in [2.45, 2.75) is 23.6 Å². The number of carbonyl (C=O) groups is 1. The van der Waals surface area contributed by atoms with Crippen LogP contribution in [-0.2, 0) is 4.79 Å². The number of anilines is 1. The number of fused-ring (bicyclic) bond motifs is 1. The van der Waals surface area contributed by atoms with Gasteiger partial charge >= 0.3 is 0 Å². The van der Waals surface area contributed by atoms with Crippen LogP contribution in [0.5, 0.6) is 0 Å². The summed E-state index contributed by atoms with van der Waals surface area (Å²) in [6.07, 6.45) is 3.56. The van der Waals surface area contributed by atoms with Crippen molar-refractivity contribution in [1.82, 2.24) is 25.1 Å². The number of aryl methyl sites for hydroxylation is 1. The average Bonchev–Trinajstić information content (AvgIpc) is 3.23. The first kappa shape index (κ1) is 16.3. The fourth-order valence-electron chi connectivity index (χ4n) is 2.58. The minimum atomic E-state index is -0.0861. The summed E-state index contributed by atoms with van der Waals surface area (Å²) in [5.74, 6) is 0.622. The van der Waals surface area contributed by atoms with Gasteiger partial charge in [0.1, 0.15) is 11.2 Å². The van der Waals surface area contributed by atoms with E-state index in [1.165, 1.54) is 6.92 Å². The lowest BCUT2D eigenvalue weighted by Crippen LogP contribution is -2.05. The number of aromatic amines is 2. The Kier molecular flexibility index (Phi) is 4.18.